The maximum Gasteiger partial charge on any atom is 0.435 e. The number of para-hydroxylation sites is 1. The maximum absolute atomic E-state index is 13.5. The third kappa shape index (κ3) is 6.66. The fraction of sp³-hybridized carbons (Fsp3) is 0.320. The number of hydrogen-bond acceptors (Lipinski definition) is 5. The number of aromatic nitrogens is 3. The average molecular weight is 530 g/mol. The molecule has 4 amide bonds. The van der Waals surface area contributed by atoms with E-state index in [1.54, 1.807) is 53.6 Å². The Kier molecular flexibility index (Phi) is 8.24. The van der Waals surface area contributed by atoms with Crippen molar-refractivity contribution in [1.82, 2.24) is 35.6 Å². The molecule has 0 bridgehead atoms. The number of alkyl halides is 3. The van der Waals surface area contributed by atoms with E-state index in [9.17, 15) is 27.6 Å². The van der Waals surface area contributed by atoms with Gasteiger partial charge in [0.15, 0.2) is 5.69 Å². The Morgan fingerprint density at radius 3 is 2.32 bits per heavy atom. The molecule has 4 rings (SSSR count). The van der Waals surface area contributed by atoms with Crippen LogP contribution in [0.3, 0.4) is 0 Å². The first-order valence-electron chi connectivity index (χ1n) is 12.0. The summed E-state index contributed by atoms with van der Waals surface area (Å²) in [4.78, 5) is 42.7. The maximum atomic E-state index is 13.5. The lowest BCUT2D eigenvalue weighted by Gasteiger charge is -2.32. The van der Waals surface area contributed by atoms with Crippen molar-refractivity contribution in [2.45, 2.75) is 25.1 Å². The van der Waals surface area contributed by atoms with Gasteiger partial charge in [0.05, 0.1) is 16.8 Å². The monoisotopic (exact) mass is 529 g/mol. The van der Waals surface area contributed by atoms with Crippen molar-refractivity contribution in [3.8, 4) is 5.69 Å². The van der Waals surface area contributed by atoms with Crippen LogP contribution in [-0.4, -0.2) is 69.7 Å². The van der Waals surface area contributed by atoms with Gasteiger partial charge in [-0.15, -0.1) is 0 Å². The number of urea groups is 1. The Labute approximate surface area is 216 Å². The fourth-order valence-corrected chi connectivity index (χ4v) is 4.01. The van der Waals surface area contributed by atoms with Crippen LogP contribution < -0.4 is 16.0 Å². The van der Waals surface area contributed by atoms with Crippen molar-refractivity contribution in [2.75, 3.05) is 26.2 Å². The number of nitrogens with one attached hydrogen (secondary N) is 3. The molecular weight excluding hydrogens is 503 g/mol. The highest BCUT2D eigenvalue weighted by molar-refractivity contribution is 5.95. The average Bonchev–Trinajstić information content (AvgIpc) is 3.39. The second-order valence-corrected chi connectivity index (χ2v) is 8.63. The molecule has 0 saturated carbocycles. The predicted octanol–water partition coefficient (Wildman–Crippen LogP) is 2.62. The molecular formula is C25H26F3N7O3. The Morgan fingerprint density at radius 2 is 1.66 bits per heavy atom. The van der Waals surface area contributed by atoms with Gasteiger partial charge < -0.3 is 20.9 Å². The standard InChI is InChI=1S/C25H26F3N7O3/c26-25(27,28)21-20(16-35(33-21)19-6-2-1-3-7-19)23(37)30-11-12-31-24(38)34-13-8-18(9-14-34)32-22(36)17-5-4-10-29-15-17/h1-7,10,15-16,18H,8-9,11-14H2,(H,30,37)(H,31,38)(H,32,36). The van der Waals surface area contributed by atoms with Crippen LogP contribution in [0.1, 0.15) is 39.3 Å². The van der Waals surface area contributed by atoms with Crippen LogP contribution in [0, 0.1) is 0 Å². The smallest absolute Gasteiger partial charge is 0.350 e. The zero-order chi connectivity index (χ0) is 27.1. The van der Waals surface area contributed by atoms with Gasteiger partial charge in [0.25, 0.3) is 11.8 Å². The minimum Gasteiger partial charge on any atom is -0.350 e. The molecule has 0 aliphatic carbocycles. The molecule has 0 atom stereocenters. The van der Waals surface area contributed by atoms with Crippen molar-refractivity contribution >= 4 is 17.8 Å². The number of carbonyl (C=O) groups excluding carboxylic acids is 3. The first-order chi connectivity index (χ1) is 18.2. The number of piperidine rings is 1. The highest BCUT2D eigenvalue weighted by atomic mass is 19.4. The molecule has 10 nitrogen and oxygen atoms in total. The summed E-state index contributed by atoms with van der Waals surface area (Å²) >= 11 is 0. The lowest BCUT2D eigenvalue weighted by atomic mass is 10.0. The Balaban J connectivity index is 1.22. The van der Waals surface area contributed by atoms with Crippen molar-refractivity contribution in [1.29, 1.82) is 0 Å². The molecule has 1 aliphatic rings. The first kappa shape index (κ1) is 26.6. The van der Waals surface area contributed by atoms with E-state index in [1.165, 1.54) is 6.20 Å². The molecule has 3 heterocycles. The van der Waals surface area contributed by atoms with Gasteiger partial charge in [0, 0.05) is 50.8 Å². The number of halogens is 3. The van der Waals surface area contributed by atoms with Gasteiger partial charge in [-0.25, -0.2) is 9.48 Å². The van der Waals surface area contributed by atoms with E-state index >= 15 is 0 Å². The van der Waals surface area contributed by atoms with E-state index in [0.717, 1.165) is 10.9 Å². The van der Waals surface area contributed by atoms with E-state index in [-0.39, 0.29) is 31.1 Å². The molecule has 38 heavy (non-hydrogen) atoms. The first-order valence-corrected chi connectivity index (χ1v) is 12.0. The lowest BCUT2D eigenvalue weighted by molar-refractivity contribution is -0.141. The number of benzene rings is 1. The second-order valence-electron chi connectivity index (χ2n) is 8.63. The predicted molar refractivity (Wildman–Crippen MR) is 131 cm³/mol. The van der Waals surface area contributed by atoms with Gasteiger partial charge >= 0.3 is 12.2 Å². The molecule has 13 heteroatoms. The van der Waals surface area contributed by atoms with Crippen LogP contribution in [0.4, 0.5) is 18.0 Å². The summed E-state index contributed by atoms with van der Waals surface area (Å²) in [6.45, 7) is 0.792. The highest BCUT2D eigenvalue weighted by Gasteiger charge is 2.39. The summed E-state index contributed by atoms with van der Waals surface area (Å²) in [6, 6.07) is 11.1. The highest BCUT2D eigenvalue weighted by Crippen LogP contribution is 2.31. The summed E-state index contributed by atoms with van der Waals surface area (Å²) in [6.07, 6.45) is 0.423. The molecule has 1 saturated heterocycles. The van der Waals surface area contributed by atoms with Crippen LogP contribution in [0.25, 0.3) is 5.69 Å². The molecule has 0 spiro atoms. The van der Waals surface area contributed by atoms with E-state index < -0.39 is 23.3 Å². The molecule has 1 aromatic carbocycles. The summed E-state index contributed by atoms with van der Waals surface area (Å²) < 4.78 is 41.4. The van der Waals surface area contributed by atoms with Crippen LogP contribution in [0.2, 0.25) is 0 Å². The SMILES string of the molecule is O=C(NC1CCN(C(=O)NCCNC(=O)c2cn(-c3ccccc3)nc2C(F)(F)F)CC1)c1cccnc1. The largest absolute Gasteiger partial charge is 0.435 e. The fourth-order valence-electron chi connectivity index (χ4n) is 4.01. The normalized spacial score (nSPS) is 14.1. The zero-order valence-corrected chi connectivity index (χ0v) is 20.2. The molecule has 3 aromatic rings. The number of amides is 4. The van der Waals surface area contributed by atoms with Gasteiger partial charge in [0.1, 0.15) is 0 Å². The Morgan fingerprint density at radius 1 is 0.947 bits per heavy atom. The minimum atomic E-state index is -4.81. The molecule has 2 aromatic heterocycles. The van der Waals surface area contributed by atoms with E-state index in [0.29, 0.717) is 37.2 Å². The molecule has 200 valence electrons. The van der Waals surface area contributed by atoms with Crippen LogP contribution in [0.5, 0.6) is 0 Å². The number of likely N-dealkylation sites (tertiary alicyclic amines) is 1. The number of hydrogen-bond donors (Lipinski definition) is 3. The second kappa shape index (κ2) is 11.8. The number of rotatable bonds is 7. The molecule has 0 unspecified atom stereocenters. The molecule has 1 fully saturated rings. The summed E-state index contributed by atoms with van der Waals surface area (Å²) in [5.74, 6) is -1.17. The third-order valence-electron chi connectivity index (χ3n) is 5.98. The van der Waals surface area contributed by atoms with E-state index in [2.05, 4.69) is 26.0 Å². The summed E-state index contributed by atoms with van der Waals surface area (Å²) in [7, 11) is 0. The number of pyridine rings is 1. The molecule has 1 aliphatic heterocycles. The quantitative estimate of drug-likeness (QED) is 0.407. The van der Waals surface area contributed by atoms with E-state index in [4.69, 9.17) is 0 Å². The van der Waals surface area contributed by atoms with Crippen LogP contribution in [0.15, 0.2) is 61.1 Å². The summed E-state index contributed by atoms with van der Waals surface area (Å²) in [5, 5.41) is 11.5. The third-order valence-corrected chi connectivity index (χ3v) is 5.98. The van der Waals surface area contributed by atoms with Crippen LogP contribution >= 0.6 is 0 Å². The van der Waals surface area contributed by atoms with Crippen molar-refractivity contribution < 1.29 is 27.6 Å². The van der Waals surface area contributed by atoms with Gasteiger partial charge in [-0.1, -0.05) is 18.2 Å². The van der Waals surface area contributed by atoms with Gasteiger partial charge in [-0.2, -0.15) is 18.3 Å². The Bertz CT molecular complexity index is 1260. The van der Waals surface area contributed by atoms with Gasteiger partial charge in [0.2, 0.25) is 0 Å². The topological polar surface area (TPSA) is 121 Å². The lowest BCUT2D eigenvalue weighted by Crippen LogP contribution is -2.50. The summed E-state index contributed by atoms with van der Waals surface area (Å²) in [5.41, 5.74) is -1.06. The van der Waals surface area contributed by atoms with Crippen molar-refractivity contribution in [2.24, 2.45) is 0 Å². The number of carbonyl (C=O) groups is 3. The van der Waals surface area contributed by atoms with E-state index in [1.807, 2.05) is 0 Å². The van der Waals surface area contributed by atoms with Gasteiger partial charge in [-0.3, -0.25) is 14.6 Å². The minimum absolute atomic E-state index is 0.0242. The number of nitrogens with zero attached hydrogens (tertiary/aromatic N) is 4. The Hall–Kier alpha value is -4.42. The zero-order valence-electron chi connectivity index (χ0n) is 20.2. The molecule has 3 N–H and O–H groups in total. The van der Waals surface area contributed by atoms with Gasteiger partial charge in [-0.05, 0) is 37.1 Å². The van der Waals surface area contributed by atoms with Crippen molar-refractivity contribution in [3.63, 3.8) is 0 Å². The van der Waals surface area contributed by atoms with Crippen molar-refractivity contribution in [3.05, 3.63) is 77.9 Å². The van der Waals surface area contributed by atoms with Crippen LogP contribution in [-0.2, 0) is 6.18 Å². The molecule has 0 radical (unpaired) electrons.